The Hall–Kier alpha value is -2.67. The number of aromatic hydroxyl groups is 1. The number of azo groups is 1. The molecule has 0 atom stereocenters. The van der Waals surface area contributed by atoms with Crippen LogP contribution in [0.3, 0.4) is 0 Å². The second-order valence-corrected chi connectivity index (χ2v) is 6.37. The van der Waals surface area contributed by atoms with Gasteiger partial charge in [0, 0.05) is 35.2 Å². The highest BCUT2D eigenvalue weighted by Gasteiger charge is 2.12. The normalized spacial score (nSPS) is 11.3. The number of carbonyl (C=O) groups excluding carboxylic acids is 1. The van der Waals surface area contributed by atoms with Gasteiger partial charge < -0.3 is 15.0 Å². The van der Waals surface area contributed by atoms with Crippen LogP contribution in [0.25, 0.3) is 10.9 Å². The van der Waals surface area contributed by atoms with Gasteiger partial charge in [0.2, 0.25) is 5.88 Å². The summed E-state index contributed by atoms with van der Waals surface area (Å²) in [6, 6.07) is 12.5. The van der Waals surface area contributed by atoms with E-state index in [1.807, 2.05) is 37.2 Å². The summed E-state index contributed by atoms with van der Waals surface area (Å²) in [6.45, 7) is 0. The molecule has 0 saturated carbocycles. The molecule has 2 N–H and O–H groups in total. The van der Waals surface area contributed by atoms with Crippen molar-refractivity contribution >= 4 is 44.1 Å². The Kier molecular flexibility index (Phi) is 4.35. The quantitative estimate of drug-likeness (QED) is 0.643. The molecule has 122 valence electrons. The van der Waals surface area contributed by atoms with Crippen LogP contribution in [-0.4, -0.2) is 30.1 Å². The van der Waals surface area contributed by atoms with Gasteiger partial charge in [-0.15, -0.1) is 10.2 Å². The summed E-state index contributed by atoms with van der Waals surface area (Å²) in [5, 5.41) is 18.3. The van der Waals surface area contributed by atoms with Gasteiger partial charge >= 0.3 is 0 Å². The lowest BCUT2D eigenvalue weighted by Gasteiger charge is -2.11. The zero-order chi connectivity index (χ0) is 17.3. The van der Waals surface area contributed by atoms with E-state index in [0.29, 0.717) is 16.5 Å². The SMILES string of the molecule is CN(C)c1ccc(C(=O)N=Nc2c(O)[nH]c3ccc(Br)cc23)cc1. The highest BCUT2D eigenvalue weighted by atomic mass is 79.9. The molecular formula is C17H15BrN4O2. The van der Waals surface area contributed by atoms with E-state index in [9.17, 15) is 9.90 Å². The van der Waals surface area contributed by atoms with Crippen LogP contribution in [0.1, 0.15) is 10.4 Å². The first-order valence-electron chi connectivity index (χ1n) is 7.19. The minimum Gasteiger partial charge on any atom is -0.493 e. The van der Waals surface area contributed by atoms with E-state index < -0.39 is 5.91 Å². The van der Waals surface area contributed by atoms with Crippen molar-refractivity contribution in [3.63, 3.8) is 0 Å². The van der Waals surface area contributed by atoms with Crippen molar-refractivity contribution in [1.29, 1.82) is 0 Å². The second-order valence-electron chi connectivity index (χ2n) is 5.46. The average molecular weight is 387 g/mol. The average Bonchev–Trinajstić information content (AvgIpc) is 2.87. The maximum atomic E-state index is 12.2. The smallest absolute Gasteiger partial charge is 0.295 e. The second kappa shape index (κ2) is 6.45. The highest BCUT2D eigenvalue weighted by Crippen LogP contribution is 2.36. The Bertz CT molecular complexity index is 930. The molecule has 0 aliphatic heterocycles. The Morgan fingerprint density at radius 3 is 2.54 bits per heavy atom. The minimum absolute atomic E-state index is 0.123. The number of amides is 1. The van der Waals surface area contributed by atoms with Crippen LogP contribution in [0.5, 0.6) is 5.88 Å². The first-order valence-corrected chi connectivity index (χ1v) is 7.98. The van der Waals surface area contributed by atoms with Crippen molar-refractivity contribution in [2.45, 2.75) is 0 Å². The molecular weight excluding hydrogens is 372 g/mol. The van der Waals surface area contributed by atoms with Crippen molar-refractivity contribution in [3.05, 3.63) is 52.5 Å². The third-order valence-corrected chi connectivity index (χ3v) is 4.08. The summed E-state index contributed by atoms with van der Waals surface area (Å²) >= 11 is 3.37. The first kappa shape index (κ1) is 16.2. The summed E-state index contributed by atoms with van der Waals surface area (Å²) in [4.78, 5) is 16.9. The van der Waals surface area contributed by atoms with Crippen molar-refractivity contribution in [1.82, 2.24) is 4.98 Å². The van der Waals surface area contributed by atoms with Gasteiger partial charge in [0.25, 0.3) is 5.91 Å². The van der Waals surface area contributed by atoms with E-state index >= 15 is 0 Å². The number of hydrogen-bond donors (Lipinski definition) is 2. The monoisotopic (exact) mass is 386 g/mol. The third kappa shape index (κ3) is 3.16. The highest BCUT2D eigenvalue weighted by molar-refractivity contribution is 9.10. The maximum Gasteiger partial charge on any atom is 0.295 e. The standard InChI is InChI=1S/C17H15BrN4O2/c1-22(2)12-6-3-10(4-7-12)16(23)21-20-15-13-9-11(18)5-8-14(13)19-17(15)24/h3-9,19,24H,1-2H3. The molecule has 0 spiro atoms. The van der Waals surface area contributed by atoms with Crippen molar-refractivity contribution in [2.75, 3.05) is 19.0 Å². The molecule has 0 aliphatic rings. The summed E-state index contributed by atoms with van der Waals surface area (Å²) in [6.07, 6.45) is 0. The summed E-state index contributed by atoms with van der Waals surface area (Å²) in [7, 11) is 3.85. The predicted molar refractivity (Wildman–Crippen MR) is 97.3 cm³/mol. The maximum absolute atomic E-state index is 12.2. The lowest BCUT2D eigenvalue weighted by Crippen LogP contribution is -2.08. The van der Waals surface area contributed by atoms with Gasteiger partial charge in [0.05, 0.1) is 5.52 Å². The first-order chi connectivity index (χ1) is 11.5. The van der Waals surface area contributed by atoms with Crippen LogP contribution in [0, 0.1) is 0 Å². The van der Waals surface area contributed by atoms with Gasteiger partial charge in [-0.1, -0.05) is 15.9 Å². The van der Waals surface area contributed by atoms with E-state index in [2.05, 4.69) is 31.1 Å². The molecule has 0 unspecified atom stereocenters. The topological polar surface area (TPSA) is 81.1 Å². The van der Waals surface area contributed by atoms with E-state index in [0.717, 1.165) is 10.2 Å². The molecule has 1 aromatic heterocycles. The Balaban J connectivity index is 1.89. The lowest BCUT2D eigenvalue weighted by atomic mass is 10.2. The molecule has 1 amide bonds. The molecule has 0 radical (unpaired) electrons. The zero-order valence-electron chi connectivity index (χ0n) is 13.1. The number of nitrogens with one attached hydrogen (secondary N) is 1. The predicted octanol–water partition coefficient (Wildman–Crippen LogP) is 4.63. The van der Waals surface area contributed by atoms with E-state index in [-0.39, 0.29) is 11.6 Å². The molecule has 3 aromatic rings. The van der Waals surface area contributed by atoms with Crippen LogP contribution in [-0.2, 0) is 0 Å². The number of aromatic amines is 1. The molecule has 1 heterocycles. The number of H-pyrrole nitrogens is 1. The molecule has 0 bridgehead atoms. The Morgan fingerprint density at radius 1 is 1.17 bits per heavy atom. The van der Waals surface area contributed by atoms with Crippen LogP contribution in [0.15, 0.2) is 57.2 Å². The van der Waals surface area contributed by atoms with Gasteiger partial charge in [0.15, 0.2) is 5.69 Å². The van der Waals surface area contributed by atoms with E-state index in [4.69, 9.17) is 0 Å². The molecule has 24 heavy (non-hydrogen) atoms. The lowest BCUT2D eigenvalue weighted by molar-refractivity contribution is 0.0995. The molecule has 3 rings (SSSR count). The van der Waals surface area contributed by atoms with Crippen LogP contribution in [0.2, 0.25) is 0 Å². The van der Waals surface area contributed by atoms with Crippen LogP contribution in [0.4, 0.5) is 11.4 Å². The van der Waals surface area contributed by atoms with Gasteiger partial charge in [0.1, 0.15) is 0 Å². The van der Waals surface area contributed by atoms with E-state index in [1.54, 1.807) is 24.3 Å². The van der Waals surface area contributed by atoms with Gasteiger partial charge in [-0.05, 0) is 42.5 Å². The number of halogens is 1. The molecule has 0 aliphatic carbocycles. The zero-order valence-corrected chi connectivity index (χ0v) is 14.7. The van der Waals surface area contributed by atoms with Crippen molar-refractivity contribution in [3.8, 4) is 5.88 Å². The largest absolute Gasteiger partial charge is 0.493 e. The molecule has 0 saturated heterocycles. The minimum atomic E-state index is -0.468. The molecule has 7 heteroatoms. The molecule has 6 nitrogen and oxygen atoms in total. The fraction of sp³-hybridized carbons (Fsp3) is 0.118. The van der Waals surface area contributed by atoms with Gasteiger partial charge in [-0.3, -0.25) is 4.79 Å². The number of hydrogen-bond acceptors (Lipinski definition) is 4. The molecule has 0 fully saturated rings. The van der Waals surface area contributed by atoms with Gasteiger partial charge in [-0.2, -0.15) is 0 Å². The fourth-order valence-corrected chi connectivity index (χ4v) is 2.65. The number of benzene rings is 2. The number of carbonyl (C=O) groups is 1. The summed E-state index contributed by atoms with van der Waals surface area (Å²) in [5.74, 6) is -0.591. The Morgan fingerprint density at radius 2 is 1.88 bits per heavy atom. The van der Waals surface area contributed by atoms with Crippen LogP contribution >= 0.6 is 15.9 Å². The number of nitrogens with zero attached hydrogens (tertiary/aromatic N) is 3. The number of rotatable bonds is 3. The molecule has 2 aromatic carbocycles. The van der Waals surface area contributed by atoms with Crippen LogP contribution < -0.4 is 4.90 Å². The van der Waals surface area contributed by atoms with Crippen molar-refractivity contribution < 1.29 is 9.90 Å². The van der Waals surface area contributed by atoms with Gasteiger partial charge in [-0.25, -0.2) is 0 Å². The Labute approximate surface area is 147 Å². The van der Waals surface area contributed by atoms with Crippen molar-refractivity contribution in [2.24, 2.45) is 10.2 Å². The summed E-state index contributed by atoms with van der Waals surface area (Å²) in [5.41, 5.74) is 2.38. The summed E-state index contributed by atoms with van der Waals surface area (Å²) < 4.78 is 0.844. The number of fused-ring (bicyclic) bond motifs is 1. The van der Waals surface area contributed by atoms with E-state index in [1.165, 1.54) is 0 Å². The fourth-order valence-electron chi connectivity index (χ4n) is 2.29. The number of anilines is 1. The third-order valence-electron chi connectivity index (χ3n) is 3.59. The number of aromatic nitrogens is 1.